The first-order valence-corrected chi connectivity index (χ1v) is 11.6. The van der Waals surface area contributed by atoms with Crippen LogP contribution in [0.15, 0.2) is 0 Å². The van der Waals surface area contributed by atoms with Crippen LogP contribution in [0.2, 0.25) is 0 Å². The van der Waals surface area contributed by atoms with E-state index in [0.29, 0.717) is 25.7 Å². The number of esters is 2. The highest BCUT2D eigenvalue weighted by Gasteiger charge is 2.58. The third kappa shape index (κ3) is 4.37. The lowest BCUT2D eigenvalue weighted by Crippen LogP contribution is -2.59. The molecule has 170 valence electrons. The van der Waals surface area contributed by atoms with Gasteiger partial charge in [-0.05, 0) is 82.0 Å². The van der Waals surface area contributed by atoms with Crippen LogP contribution in [0.4, 0.5) is 8.78 Å². The van der Waals surface area contributed by atoms with Gasteiger partial charge in [-0.15, -0.1) is 0 Å². The van der Waals surface area contributed by atoms with Gasteiger partial charge in [0.05, 0.1) is 5.60 Å². The summed E-state index contributed by atoms with van der Waals surface area (Å²) in [5.74, 6) is -4.71. The lowest BCUT2D eigenvalue weighted by Gasteiger charge is -2.58. The Morgan fingerprint density at radius 1 is 1.03 bits per heavy atom. The van der Waals surface area contributed by atoms with E-state index in [1.807, 2.05) is 0 Å². The maximum atomic E-state index is 13.3. The molecule has 7 heteroatoms. The molecule has 0 aliphatic heterocycles. The van der Waals surface area contributed by atoms with Gasteiger partial charge in [0.15, 0.2) is 0 Å². The largest absolute Gasteiger partial charge is 0.457 e. The summed E-state index contributed by atoms with van der Waals surface area (Å²) in [5.41, 5.74) is -0.760. The molecule has 5 fully saturated rings. The molecule has 5 nitrogen and oxygen atoms in total. The first kappa shape index (κ1) is 22.0. The van der Waals surface area contributed by atoms with Crippen LogP contribution in [0.25, 0.3) is 0 Å². The summed E-state index contributed by atoms with van der Waals surface area (Å²) in [5, 5.41) is 0. The van der Waals surface area contributed by atoms with Crippen LogP contribution in [-0.4, -0.2) is 41.8 Å². The van der Waals surface area contributed by atoms with E-state index in [4.69, 9.17) is 14.2 Å². The molecule has 5 aliphatic rings. The van der Waals surface area contributed by atoms with Crippen LogP contribution in [-0.2, 0) is 23.8 Å². The summed E-state index contributed by atoms with van der Waals surface area (Å²) < 4.78 is 44.0. The van der Waals surface area contributed by atoms with Crippen LogP contribution in [0.3, 0.4) is 0 Å². The molecule has 0 heterocycles. The maximum absolute atomic E-state index is 13.3. The molecule has 0 aromatic heterocycles. The molecule has 0 spiro atoms. The highest BCUT2D eigenvalue weighted by Crippen LogP contribution is 2.58. The number of hydrogen-bond donors (Lipinski definition) is 0. The van der Waals surface area contributed by atoms with Crippen molar-refractivity contribution in [3.63, 3.8) is 0 Å². The zero-order valence-electron chi connectivity index (χ0n) is 18.1. The fourth-order valence-corrected chi connectivity index (χ4v) is 6.71. The van der Waals surface area contributed by atoms with Crippen molar-refractivity contribution in [1.82, 2.24) is 0 Å². The van der Waals surface area contributed by atoms with Crippen molar-refractivity contribution in [2.45, 2.75) is 108 Å². The molecule has 2 unspecified atom stereocenters. The van der Waals surface area contributed by atoms with Gasteiger partial charge in [-0.3, -0.25) is 0 Å². The summed E-state index contributed by atoms with van der Waals surface area (Å²) >= 11 is 0. The highest BCUT2D eigenvalue weighted by atomic mass is 19.3. The van der Waals surface area contributed by atoms with Crippen LogP contribution in [0.5, 0.6) is 0 Å². The van der Waals surface area contributed by atoms with Gasteiger partial charge in [-0.1, -0.05) is 13.3 Å². The van der Waals surface area contributed by atoms with Crippen molar-refractivity contribution in [1.29, 1.82) is 0 Å². The predicted octanol–water partition coefficient (Wildman–Crippen LogP) is 4.80. The predicted molar refractivity (Wildman–Crippen MR) is 105 cm³/mol. The van der Waals surface area contributed by atoms with E-state index in [1.165, 1.54) is 6.42 Å². The Labute approximate surface area is 177 Å². The molecule has 0 radical (unpaired) electrons. The smallest absolute Gasteiger partial charge is 0.376 e. The average molecular weight is 429 g/mol. The zero-order chi connectivity index (χ0) is 21.6. The molecule has 0 N–H and O–H groups in total. The van der Waals surface area contributed by atoms with Crippen molar-refractivity contribution in [2.75, 3.05) is 6.61 Å². The van der Waals surface area contributed by atoms with E-state index in [9.17, 15) is 18.4 Å². The van der Waals surface area contributed by atoms with E-state index in [0.717, 1.165) is 51.4 Å². The summed E-state index contributed by atoms with van der Waals surface area (Å²) in [7, 11) is 0. The third-order valence-electron chi connectivity index (χ3n) is 7.97. The van der Waals surface area contributed by atoms with Gasteiger partial charge in [0.25, 0.3) is 0 Å². The number of carbonyl (C=O) groups excluding carboxylic acids is 2. The number of rotatable bonds is 7. The van der Waals surface area contributed by atoms with Gasteiger partial charge in [-0.25, -0.2) is 9.59 Å². The topological polar surface area (TPSA) is 61.8 Å². The number of carbonyl (C=O) groups is 2. The van der Waals surface area contributed by atoms with Crippen molar-refractivity contribution in [3.05, 3.63) is 0 Å². The zero-order valence-corrected chi connectivity index (χ0v) is 18.1. The third-order valence-corrected chi connectivity index (χ3v) is 7.97. The molecule has 30 heavy (non-hydrogen) atoms. The van der Waals surface area contributed by atoms with Crippen molar-refractivity contribution < 1.29 is 32.6 Å². The first-order chi connectivity index (χ1) is 14.1. The average Bonchev–Trinajstić information content (AvgIpc) is 2.68. The highest BCUT2D eigenvalue weighted by molar-refractivity contribution is 5.77. The summed E-state index contributed by atoms with van der Waals surface area (Å²) in [6.45, 7) is 2.59. The maximum Gasteiger partial charge on any atom is 0.376 e. The van der Waals surface area contributed by atoms with E-state index >= 15 is 0 Å². The normalized spacial score (nSPS) is 37.1. The molecule has 0 aromatic carbocycles. The number of halogens is 2. The minimum Gasteiger partial charge on any atom is -0.457 e. The summed E-state index contributed by atoms with van der Waals surface area (Å²) in [4.78, 5) is 24.3. The van der Waals surface area contributed by atoms with Crippen LogP contribution < -0.4 is 0 Å². The summed E-state index contributed by atoms with van der Waals surface area (Å²) in [6.07, 6.45) is 9.51. The standard InChI is InChI=1S/C23H34F2O5/c1-3-22(7-5-4-6-8-22)30-18(26)14-28-23-11-15-9-16(12-23)19(17(10-15)13-23)29-20(27)21(2,24)25/h15-17,19H,3-14H2,1-2H3. The molecule has 0 aromatic rings. The molecule has 0 amide bonds. The molecular formula is C23H34F2O5. The fraction of sp³-hybridized carbons (Fsp3) is 0.913. The molecule has 2 atom stereocenters. The number of hydrogen-bond acceptors (Lipinski definition) is 5. The SMILES string of the molecule is CCC1(OC(=O)COC23CC4CC(C2)C(OC(=O)C(C)(F)F)C(C4)C3)CCCCC1. The Kier molecular flexibility index (Phi) is 5.88. The molecule has 5 aliphatic carbocycles. The molecule has 5 rings (SSSR count). The second-order valence-electron chi connectivity index (χ2n) is 10.3. The fourth-order valence-electron chi connectivity index (χ4n) is 6.71. The van der Waals surface area contributed by atoms with Gasteiger partial charge < -0.3 is 14.2 Å². The second kappa shape index (κ2) is 8.03. The number of alkyl halides is 2. The van der Waals surface area contributed by atoms with Crippen LogP contribution >= 0.6 is 0 Å². The van der Waals surface area contributed by atoms with E-state index < -0.39 is 23.6 Å². The molecule has 4 bridgehead atoms. The van der Waals surface area contributed by atoms with Crippen molar-refractivity contribution in [3.8, 4) is 0 Å². The van der Waals surface area contributed by atoms with Crippen LogP contribution in [0.1, 0.15) is 84.5 Å². The van der Waals surface area contributed by atoms with E-state index in [1.54, 1.807) is 0 Å². The van der Waals surface area contributed by atoms with Gasteiger partial charge in [0.2, 0.25) is 0 Å². The molecular weight excluding hydrogens is 394 g/mol. The summed E-state index contributed by atoms with van der Waals surface area (Å²) in [6, 6.07) is 0. The molecule has 0 saturated heterocycles. The van der Waals surface area contributed by atoms with Crippen molar-refractivity contribution in [2.24, 2.45) is 17.8 Å². The molecule has 5 saturated carbocycles. The van der Waals surface area contributed by atoms with E-state index in [-0.39, 0.29) is 30.0 Å². The quantitative estimate of drug-likeness (QED) is 0.545. The first-order valence-electron chi connectivity index (χ1n) is 11.6. The second-order valence-corrected chi connectivity index (χ2v) is 10.3. The minimum absolute atomic E-state index is 0.0268. The lowest BCUT2D eigenvalue weighted by molar-refractivity contribution is -0.227. The van der Waals surface area contributed by atoms with Gasteiger partial charge >= 0.3 is 17.9 Å². The van der Waals surface area contributed by atoms with Crippen molar-refractivity contribution >= 4 is 11.9 Å². The van der Waals surface area contributed by atoms with Gasteiger partial charge in [0.1, 0.15) is 18.3 Å². The monoisotopic (exact) mass is 428 g/mol. The Morgan fingerprint density at radius 2 is 1.67 bits per heavy atom. The van der Waals surface area contributed by atoms with E-state index in [2.05, 4.69) is 6.92 Å². The Bertz CT molecular complexity index is 651. The Morgan fingerprint density at radius 3 is 2.23 bits per heavy atom. The van der Waals surface area contributed by atoms with Gasteiger partial charge in [-0.2, -0.15) is 8.78 Å². The Balaban J connectivity index is 1.35. The lowest BCUT2D eigenvalue weighted by atomic mass is 9.53. The van der Waals surface area contributed by atoms with Crippen LogP contribution in [0, 0.1) is 17.8 Å². The van der Waals surface area contributed by atoms with Gasteiger partial charge in [0, 0.05) is 6.92 Å². The minimum atomic E-state index is -3.47. The number of ether oxygens (including phenoxy) is 3. The Hall–Kier alpha value is -1.24.